The Hall–Kier alpha value is -0.480. The Morgan fingerprint density at radius 1 is 1.45 bits per heavy atom. The van der Waals surface area contributed by atoms with Gasteiger partial charge < -0.3 is 5.11 Å². The highest BCUT2D eigenvalue weighted by molar-refractivity contribution is 7.92. The second-order valence-electron chi connectivity index (χ2n) is 4.77. The van der Waals surface area contributed by atoms with Crippen LogP contribution in [0.1, 0.15) is 11.8 Å². The highest BCUT2D eigenvalue weighted by atomic mass is 32.2. The maximum atomic E-state index is 12.5. The van der Waals surface area contributed by atoms with Crippen LogP contribution in [0.15, 0.2) is 16.3 Å². The molecule has 114 valence electrons. The largest absolute Gasteiger partial charge is 0.396 e. The van der Waals surface area contributed by atoms with Crippen LogP contribution in [0.5, 0.6) is 0 Å². The highest BCUT2D eigenvalue weighted by Crippen LogP contribution is 2.28. The molecule has 2 rings (SSSR count). The smallest absolute Gasteiger partial charge is 0.252 e. The molecule has 0 aromatic carbocycles. The Kier molecular flexibility index (Phi) is 4.55. The maximum Gasteiger partial charge on any atom is 0.252 e. The average Bonchev–Trinajstić information content (AvgIpc) is 2.77. The van der Waals surface area contributed by atoms with Crippen molar-refractivity contribution in [2.45, 2.75) is 23.6 Å². The van der Waals surface area contributed by atoms with E-state index in [0.29, 0.717) is 6.42 Å². The summed E-state index contributed by atoms with van der Waals surface area (Å²) in [5.41, 5.74) is 0. The molecule has 0 bridgehead atoms. The molecular weight excluding hydrogens is 322 g/mol. The number of aliphatic hydroxyl groups excluding tert-OH is 1. The molecule has 6 nitrogen and oxygen atoms in total. The van der Waals surface area contributed by atoms with Gasteiger partial charge in [-0.05, 0) is 19.1 Å². The van der Waals surface area contributed by atoms with Gasteiger partial charge in [-0.1, -0.05) is 0 Å². The molecule has 0 radical (unpaired) electrons. The third kappa shape index (κ3) is 3.22. The zero-order valence-corrected chi connectivity index (χ0v) is 13.5. The first-order valence-electron chi connectivity index (χ1n) is 6.18. The number of sulfone groups is 1. The average molecular weight is 339 g/mol. The minimum absolute atomic E-state index is 0.000926. The SMILES string of the molecule is CC1CS(=O)(=O)CCN1S(=O)(=O)c1ccc(CCO)s1. The predicted molar refractivity (Wildman–Crippen MR) is 77.1 cm³/mol. The molecule has 1 N–H and O–H groups in total. The Morgan fingerprint density at radius 2 is 2.15 bits per heavy atom. The minimum Gasteiger partial charge on any atom is -0.396 e. The lowest BCUT2D eigenvalue weighted by molar-refractivity contribution is 0.300. The van der Waals surface area contributed by atoms with Crippen LogP contribution in [-0.4, -0.2) is 56.9 Å². The molecule has 0 spiro atoms. The molecule has 0 aliphatic carbocycles. The molecule has 1 aliphatic rings. The van der Waals surface area contributed by atoms with E-state index in [9.17, 15) is 16.8 Å². The number of hydrogen-bond acceptors (Lipinski definition) is 6. The Labute approximate surface area is 123 Å². The van der Waals surface area contributed by atoms with Crippen molar-refractivity contribution in [2.24, 2.45) is 0 Å². The van der Waals surface area contributed by atoms with Crippen molar-refractivity contribution in [3.8, 4) is 0 Å². The van der Waals surface area contributed by atoms with Gasteiger partial charge in [0, 0.05) is 30.5 Å². The monoisotopic (exact) mass is 339 g/mol. The van der Waals surface area contributed by atoms with Crippen LogP contribution in [0.3, 0.4) is 0 Å². The minimum atomic E-state index is -3.65. The first-order chi connectivity index (χ1) is 9.26. The summed E-state index contributed by atoms with van der Waals surface area (Å²) in [5.74, 6) is -0.271. The van der Waals surface area contributed by atoms with Crippen molar-refractivity contribution in [2.75, 3.05) is 24.7 Å². The number of aliphatic hydroxyl groups is 1. The third-order valence-corrected chi connectivity index (χ3v) is 8.59. The molecule has 1 unspecified atom stereocenters. The second-order valence-corrected chi connectivity index (χ2v) is 10.3. The van der Waals surface area contributed by atoms with Gasteiger partial charge in [0.2, 0.25) is 0 Å². The summed E-state index contributed by atoms with van der Waals surface area (Å²) in [4.78, 5) is 0.795. The zero-order valence-electron chi connectivity index (χ0n) is 11.0. The van der Waals surface area contributed by atoms with Crippen LogP contribution in [0.2, 0.25) is 0 Å². The molecule has 0 amide bonds. The van der Waals surface area contributed by atoms with E-state index in [-0.39, 0.29) is 28.9 Å². The molecule has 1 atom stereocenters. The van der Waals surface area contributed by atoms with Gasteiger partial charge in [-0.3, -0.25) is 0 Å². The van der Waals surface area contributed by atoms with E-state index in [1.165, 1.54) is 10.4 Å². The van der Waals surface area contributed by atoms with E-state index in [1.807, 2.05) is 0 Å². The van der Waals surface area contributed by atoms with Gasteiger partial charge in [-0.15, -0.1) is 11.3 Å². The lowest BCUT2D eigenvalue weighted by atomic mass is 10.4. The first kappa shape index (κ1) is 15.9. The molecular formula is C11H17NO5S3. The van der Waals surface area contributed by atoms with E-state index in [1.54, 1.807) is 13.0 Å². The topological polar surface area (TPSA) is 91.8 Å². The fourth-order valence-corrected chi connectivity index (χ4v) is 7.07. The van der Waals surface area contributed by atoms with Crippen LogP contribution in [-0.2, 0) is 26.3 Å². The molecule has 20 heavy (non-hydrogen) atoms. The summed E-state index contributed by atoms with van der Waals surface area (Å²) < 4.78 is 49.5. The van der Waals surface area contributed by atoms with E-state index >= 15 is 0 Å². The fraction of sp³-hybridized carbons (Fsp3) is 0.636. The van der Waals surface area contributed by atoms with Crippen LogP contribution >= 0.6 is 11.3 Å². The third-order valence-electron chi connectivity index (χ3n) is 3.17. The predicted octanol–water partition coefficient (Wildman–Crippen LogP) is 0.0905. The van der Waals surface area contributed by atoms with Gasteiger partial charge in [0.05, 0.1) is 11.5 Å². The molecule has 9 heteroatoms. The summed E-state index contributed by atoms with van der Waals surface area (Å²) in [6.45, 7) is 1.58. The van der Waals surface area contributed by atoms with E-state index in [0.717, 1.165) is 16.2 Å². The van der Waals surface area contributed by atoms with Gasteiger partial charge in [-0.2, -0.15) is 4.31 Å². The van der Waals surface area contributed by atoms with Crippen molar-refractivity contribution in [3.63, 3.8) is 0 Å². The van der Waals surface area contributed by atoms with Crippen molar-refractivity contribution in [1.29, 1.82) is 0 Å². The van der Waals surface area contributed by atoms with E-state index < -0.39 is 25.9 Å². The summed E-state index contributed by atoms with van der Waals surface area (Å²) in [6.07, 6.45) is 0.421. The number of thiophene rings is 1. The Bertz CT molecular complexity index is 677. The van der Waals surface area contributed by atoms with E-state index in [2.05, 4.69) is 0 Å². The fourth-order valence-electron chi connectivity index (χ4n) is 2.20. The lowest BCUT2D eigenvalue weighted by Crippen LogP contribution is -2.49. The number of sulfonamides is 1. The highest BCUT2D eigenvalue weighted by Gasteiger charge is 2.37. The zero-order chi connectivity index (χ0) is 15.0. The van der Waals surface area contributed by atoms with Crippen molar-refractivity contribution < 1.29 is 21.9 Å². The van der Waals surface area contributed by atoms with Crippen molar-refractivity contribution in [1.82, 2.24) is 4.31 Å². The molecule has 1 aromatic heterocycles. The normalized spacial score (nSPS) is 23.8. The second kappa shape index (κ2) is 5.72. The van der Waals surface area contributed by atoms with Crippen LogP contribution in [0.4, 0.5) is 0 Å². The van der Waals surface area contributed by atoms with E-state index in [4.69, 9.17) is 5.11 Å². The quantitative estimate of drug-likeness (QED) is 0.839. The Morgan fingerprint density at radius 3 is 2.75 bits per heavy atom. The molecule has 1 aliphatic heterocycles. The van der Waals surface area contributed by atoms with Gasteiger partial charge in [0.25, 0.3) is 10.0 Å². The number of hydrogen-bond donors (Lipinski definition) is 1. The van der Waals surface area contributed by atoms with Gasteiger partial charge in [0.1, 0.15) is 4.21 Å². The van der Waals surface area contributed by atoms with Gasteiger partial charge in [-0.25, -0.2) is 16.8 Å². The summed E-state index contributed by atoms with van der Waals surface area (Å²) in [5, 5.41) is 8.86. The molecule has 2 heterocycles. The number of rotatable bonds is 4. The van der Waals surface area contributed by atoms with Crippen LogP contribution in [0.25, 0.3) is 0 Å². The van der Waals surface area contributed by atoms with Crippen molar-refractivity contribution >= 4 is 31.2 Å². The maximum absolute atomic E-state index is 12.5. The summed E-state index contributed by atoms with van der Waals surface area (Å²) in [7, 11) is -6.80. The van der Waals surface area contributed by atoms with Gasteiger partial charge in [0.15, 0.2) is 9.84 Å². The molecule has 1 fully saturated rings. The molecule has 1 aromatic rings. The van der Waals surface area contributed by atoms with Crippen molar-refractivity contribution in [3.05, 3.63) is 17.0 Å². The summed E-state index contributed by atoms with van der Waals surface area (Å²) >= 11 is 1.12. The van der Waals surface area contributed by atoms with Crippen LogP contribution in [0, 0.1) is 0 Å². The van der Waals surface area contributed by atoms with Crippen LogP contribution < -0.4 is 0 Å². The van der Waals surface area contributed by atoms with Gasteiger partial charge >= 0.3 is 0 Å². The first-order valence-corrected chi connectivity index (χ1v) is 10.3. The number of nitrogens with zero attached hydrogens (tertiary/aromatic N) is 1. The molecule has 0 saturated carbocycles. The lowest BCUT2D eigenvalue weighted by Gasteiger charge is -2.31. The Balaban J connectivity index is 2.26. The standard InChI is InChI=1S/C11H17NO5S3/c1-9-8-19(14,15)7-5-12(9)20(16,17)11-3-2-10(18-11)4-6-13/h2-3,9,13H,4-8H2,1H3. The molecule has 1 saturated heterocycles. The summed E-state index contributed by atoms with van der Waals surface area (Å²) in [6, 6.07) is 2.64.